The summed E-state index contributed by atoms with van der Waals surface area (Å²) in [5.74, 6) is -5.20. The van der Waals surface area contributed by atoms with Gasteiger partial charge in [-0.05, 0) is 0 Å². The molecular formula is C17H24N5O15P. The summed E-state index contributed by atoms with van der Waals surface area (Å²) >= 11 is 0. The number of phosphoric acid groups is 1. The van der Waals surface area contributed by atoms with Crippen molar-refractivity contribution < 1.29 is 73.4 Å². The second kappa shape index (κ2) is 13.8. The Bertz CT molecular complexity index is 1170. The van der Waals surface area contributed by atoms with Gasteiger partial charge in [0, 0.05) is 0 Å². The lowest BCUT2D eigenvalue weighted by Gasteiger charge is -2.30. The molecular weight excluding hydrogens is 545 g/mol. The summed E-state index contributed by atoms with van der Waals surface area (Å²) in [4.78, 5) is 76.5. The number of nitrogens with zero attached hydrogens (tertiary/aromatic N) is 3. The summed E-state index contributed by atoms with van der Waals surface area (Å²) in [5, 5.41) is 55.1. The number of nitrogens with two attached hydrogens (primary N) is 1. The Balaban J connectivity index is 0.000000588. The number of phosphoric ester groups is 1. The molecule has 0 spiro atoms. The van der Waals surface area contributed by atoms with Gasteiger partial charge in [0.05, 0.1) is 25.8 Å². The van der Waals surface area contributed by atoms with Crippen molar-refractivity contribution in [3.05, 3.63) is 12.7 Å². The zero-order valence-corrected chi connectivity index (χ0v) is 19.9. The van der Waals surface area contributed by atoms with Gasteiger partial charge < -0.3 is 55.9 Å². The van der Waals surface area contributed by atoms with Crippen LogP contribution in [0.5, 0.6) is 0 Å². The molecule has 21 heteroatoms. The monoisotopic (exact) mass is 569 g/mol. The Morgan fingerprint density at radius 3 is 2.26 bits per heavy atom. The van der Waals surface area contributed by atoms with E-state index in [1.807, 2.05) is 0 Å². The highest BCUT2D eigenvalue weighted by molar-refractivity contribution is 7.46. The van der Waals surface area contributed by atoms with Crippen LogP contribution in [0.1, 0.15) is 12.8 Å². The van der Waals surface area contributed by atoms with E-state index in [1.54, 1.807) is 0 Å². The minimum absolute atomic E-state index is 0.303. The molecule has 2 heterocycles. The number of nitrogens with one attached hydrogen (secondary N) is 1. The molecule has 0 amide bonds. The van der Waals surface area contributed by atoms with Crippen molar-refractivity contribution in [3.8, 4) is 0 Å². The lowest BCUT2D eigenvalue weighted by Crippen LogP contribution is -2.50. The summed E-state index contributed by atoms with van der Waals surface area (Å²) in [7, 11) is -5.44. The van der Waals surface area contributed by atoms with E-state index in [9.17, 15) is 39.1 Å². The van der Waals surface area contributed by atoms with E-state index in [-0.39, 0.29) is 6.29 Å². The van der Waals surface area contributed by atoms with Gasteiger partial charge in [-0.15, -0.1) is 0 Å². The van der Waals surface area contributed by atoms with Gasteiger partial charge in [-0.1, -0.05) is 0 Å². The highest BCUT2D eigenvalue weighted by Gasteiger charge is 2.44. The van der Waals surface area contributed by atoms with Crippen LogP contribution in [0, 0.1) is 0 Å². The molecule has 38 heavy (non-hydrogen) atoms. The maximum absolute atomic E-state index is 11.8. The number of hydrogen-bond acceptors (Lipinski definition) is 15. The predicted molar refractivity (Wildman–Crippen MR) is 118 cm³/mol. The van der Waals surface area contributed by atoms with Crippen LogP contribution in [0.2, 0.25) is 0 Å². The predicted octanol–water partition coefficient (Wildman–Crippen LogP) is -4.10. The molecule has 0 aliphatic carbocycles. The minimum Gasteiger partial charge on any atom is -0.481 e. The number of carbonyl (C=O) groups excluding carboxylic acids is 2. The third kappa shape index (κ3) is 9.68. The maximum Gasteiger partial charge on any atom is 0.470 e. The molecule has 212 valence electrons. The number of esters is 1. The number of nitrogen functional groups attached to an aromatic ring is 1. The average Bonchev–Trinajstić information content (AvgIpc) is 3.29. The summed E-state index contributed by atoms with van der Waals surface area (Å²) in [6.45, 7) is -1.15. The number of fused-ring (bicyclic) bond motifs is 1. The van der Waals surface area contributed by atoms with Gasteiger partial charge in [-0.25, -0.2) is 24.3 Å². The molecule has 5 atom stereocenters. The Morgan fingerprint density at radius 1 is 1.16 bits per heavy atom. The molecule has 0 aromatic carbocycles. The molecule has 0 bridgehead atoms. The number of anilines is 1. The quantitative estimate of drug-likeness (QED) is 0.0622. The van der Waals surface area contributed by atoms with Crippen LogP contribution in [0.4, 0.5) is 5.82 Å². The van der Waals surface area contributed by atoms with Crippen LogP contribution in [-0.4, -0.2) is 121 Å². The van der Waals surface area contributed by atoms with E-state index in [4.69, 9.17) is 30.8 Å². The number of ether oxygens (including phenoxy) is 1. The van der Waals surface area contributed by atoms with Crippen molar-refractivity contribution in [2.45, 2.75) is 42.9 Å². The number of aliphatic hydroxyl groups excluding tert-OH is 3. The fraction of sp³-hybridized carbons (Fsp3) is 0.471. The summed E-state index contributed by atoms with van der Waals surface area (Å²) < 4.78 is 19.5. The normalized spacial score (nSPS) is 16.2. The zero-order valence-electron chi connectivity index (χ0n) is 19.0. The Morgan fingerprint density at radius 2 is 1.79 bits per heavy atom. The molecule has 2 aromatic heterocycles. The van der Waals surface area contributed by atoms with Crippen molar-refractivity contribution in [1.29, 1.82) is 0 Å². The molecule has 0 radical (unpaired) electrons. The molecule has 0 saturated heterocycles. The van der Waals surface area contributed by atoms with Crippen LogP contribution in [0.15, 0.2) is 12.7 Å². The van der Waals surface area contributed by atoms with E-state index in [0.717, 1.165) is 0 Å². The van der Waals surface area contributed by atoms with E-state index in [1.165, 1.54) is 12.7 Å². The lowest BCUT2D eigenvalue weighted by molar-refractivity contribution is -0.179. The zero-order chi connectivity index (χ0) is 29.3. The van der Waals surface area contributed by atoms with Crippen LogP contribution in [0.25, 0.3) is 11.2 Å². The first kappa shape index (κ1) is 32.4. The third-order valence-corrected chi connectivity index (χ3v) is 4.95. The van der Waals surface area contributed by atoms with Gasteiger partial charge in [0.15, 0.2) is 29.5 Å². The second-order valence-electron chi connectivity index (χ2n) is 7.34. The average molecular weight is 569 g/mol. The van der Waals surface area contributed by atoms with Crippen LogP contribution in [-0.2, 0) is 33.0 Å². The maximum atomic E-state index is 11.8. The first-order valence-electron chi connectivity index (χ1n) is 9.97. The Hall–Kier alpha value is -3.62. The SMILES string of the molecule is Nc1ncnc2nc[nH]c12.O=C[C@H](OC(=O)CC(O)(CC(=O)O)C(=O)O)[C@@H](OP(=O)(O)O)[C@H](O)[C@H](O)CO. The van der Waals surface area contributed by atoms with Crippen molar-refractivity contribution in [1.82, 2.24) is 19.9 Å². The van der Waals surface area contributed by atoms with Gasteiger partial charge in [-0.2, -0.15) is 0 Å². The van der Waals surface area contributed by atoms with Crippen LogP contribution >= 0.6 is 7.82 Å². The second-order valence-corrected chi connectivity index (χ2v) is 8.53. The van der Waals surface area contributed by atoms with Gasteiger partial charge in [-0.3, -0.25) is 18.9 Å². The van der Waals surface area contributed by atoms with Gasteiger partial charge in [0.25, 0.3) is 0 Å². The number of imidazole rings is 1. The summed E-state index contributed by atoms with van der Waals surface area (Å²) in [6.07, 6.45) is -9.53. The number of aromatic nitrogens is 4. The number of carboxylic acids is 2. The molecule has 2 aromatic rings. The Labute approximate surface area is 210 Å². The standard InChI is InChI=1S/C12H19O15P.C5H5N5/c13-3-5(15)9(19)10(27-28(23,24)25)6(4-14)26-8(18)2-12(22,11(20)21)1-7(16)17;6-4-3-5(9-1-7-3)10-2-8-4/h4-6,9-10,13,15,19,22H,1-3H2,(H,16,17)(H,20,21)(H2,23,24,25);1-2H,(H3,6,7,8,9,10)/t5-,6+,9-,10-,12?;/m1./s1. The first-order chi connectivity index (χ1) is 17.5. The van der Waals surface area contributed by atoms with Crippen molar-refractivity contribution >= 4 is 49.0 Å². The number of hydrogen-bond donors (Lipinski definition) is 10. The number of aromatic amines is 1. The number of carboxylic acid groups (broad SMARTS) is 2. The highest BCUT2D eigenvalue weighted by Crippen LogP contribution is 2.39. The number of H-pyrrole nitrogens is 1. The number of carbonyl (C=O) groups is 4. The molecule has 11 N–H and O–H groups in total. The summed E-state index contributed by atoms with van der Waals surface area (Å²) in [5.41, 5.74) is 3.64. The molecule has 0 aliphatic rings. The lowest BCUT2D eigenvalue weighted by atomic mass is 9.96. The number of aldehydes is 1. The van der Waals surface area contributed by atoms with Gasteiger partial charge >= 0.3 is 25.7 Å². The van der Waals surface area contributed by atoms with Crippen molar-refractivity contribution in [3.63, 3.8) is 0 Å². The van der Waals surface area contributed by atoms with Crippen LogP contribution < -0.4 is 5.73 Å². The van der Waals surface area contributed by atoms with E-state index < -0.39 is 75.2 Å². The minimum atomic E-state index is -5.44. The Kier molecular flexibility index (Phi) is 11.8. The first-order valence-corrected chi connectivity index (χ1v) is 11.5. The molecule has 20 nitrogen and oxygen atoms in total. The van der Waals surface area contributed by atoms with Gasteiger partial charge in [0.1, 0.15) is 30.2 Å². The smallest absolute Gasteiger partial charge is 0.470 e. The summed E-state index contributed by atoms with van der Waals surface area (Å²) in [6, 6.07) is 0. The highest BCUT2D eigenvalue weighted by atomic mass is 31.2. The van der Waals surface area contributed by atoms with Crippen molar-refractivity contribution in [2.75, 3.05) is 12.3 Å². The molecule has 1 unspecified atom stereocenters. The van der Waals surface area contributed by atoms with E-state index >= 15 is 0 Å². The number of rotatable bonds is 13. The van der Waals surface area contributed by atoms with E-state index in [0.29, 0.717) is 17.0 Å². The fourth-order valence-electron chi connectivity index (χ4n) is 2.65. The number of aliphatic hydroxyl groups is 4. The van der Waals surface area contributed by atoms with E-state index in [2.05, 4.69) is 29.2 Å². The largest absolute Gasteiger partial charge is 0.481 e. The molecule has 0 fully saturated rings. The molecule has 0 aliphatic heterocycles. The molecule has 2 rings (SSSR count). The third-order valence-electron chi connectivity index (χ3n) is 4.43. The molecule has 0 saturated carbocycles. The fourth-order valence-corrected chi connectivity index (χ4v) is 3.22. The topological polar surface area (TPSA) is 346 Å². The van der Waals surface area contributed by atoms with Gasteiger partial charge in [0.2, 0.25) is 0 Å². The number of aliphatic carboxylic acids is 2. The van der Waals surface area contributed by atoms with Crippen molar-refractivity contribution in [2.24, 2.45) is 0 Å². The van der Waals surface area contributed by atoms with Crippen LogP contribution in [0.3, 0.4) is 0 Å².